The zero-order valence-corrected chi connectivity index (χ0v) is 7.42. The van der Waals surface area contributed by atoms with Gasteiger partial charge in [0.15, 0.2) is 11.6 Å². The van der Waals surface area contributed by atoms with Crippen LogP contribution in [-0.2, 0) is 0 Å². The summed E-state index contributed by atoms with van der Waals surface area (Å²) in [6.07, 6.45) is 2.68. The molecule has 1 aromatic heterocycles. The topological polar surface area (TPSA) is 43.8 Å². The molecule has 0 atom stereocenters. The van der Waals surface area contributed by atoms with Gasteiger partial charge in [-0.15, -0.1) is 0 Å². The van der Waals surface area contributed by atoms with Crippen molar-refractivity contribution in [2.75, 3.05) is 5.73 Å². The Morgan fingerprint density at radius 2 is 1.73 bits per heavy atom. The van der Waals surface area contributed by atoms with E-state index in [9.17, 15) is 13.2 Å². The van der Waals surface area contributed by atoms with Crippen molar-refractivity contribution >= 4 is 5.95 Å². The lowest BCUT2D eigenvalue weighted by molar-refractivity contribution is 0.493. The maximum Gasteiger partial charge on any atom is 0.204 e. The highest BCUT2D eigenvalue weighted by Gasteiger charge is 2.12. The van der Waals surface area contributed by atoms with Gasteiger partial charge in [-0.2, -0.15) is 0 Å². The van der Waals surface area contributed by atoms with Gasteiger partial charge in [-0.1, -0.05) is 0 Å². The Labute approximate surface area is 83.0 Å². The van der Waals surface area contributed by atoms with E-state index in [1.54, 1.807) is 0 Å². The number of aromatic nitrogens is 2. The van der Waals surface area contributed by atoms with Crippen molar-refractivity contribution < 1.29 is 13.2 Å². The van der Waals surface area contributed by atoms with Crippen molar-refractivity contribution in [1.82, 2.24) is 9.55 Å². The summed E-state index contributed by atoms with van der Waals surface area (Å²) in [5, 5.41) is 0. The van der Waals surface area contributed by atoms with Crippen LogP contribution in [0.4, 0.5) is 19.1 Å². The first-order valence-electron chi connectivity index (χ1n) is 4.03. The van der Waals surface area contributed by atoms with Crippen molar-refractivity contribution in [3.05, 3.63) is 42.0 Å². The Morgan fingerprint density at radius 1 is 1.07 bits per heavy atom. The van der Waals surface area contributed by atoms with Gasteiger partial charge >= 0.3 is 0 Å². The predicted octanol–water partition coefficient (Wildman–Crippen LogP) is 1.87. The lowest BCUT2D eigenvalue weighted by Gasteiger charge is -2.06. The second-order valence-corrected chi connectivity index (χ2v) is 2.87. The Balaban J connectivity index is 2.64. The van der Waals surface area contributed by atoms with Crippen LogP contribution in [-0.4, -0.2) is 9.55 Å². The smallest absolute Gasteiger partial charge is 0.204 e. The number of hydrogen-bond donors (Lipinski definition) is 1. The molecule has 0 aliphatic carbocycles. The predicted molar refractivity (Wildman–Crippen MR) is 47.9 cm³/mol. The van der Waals surface area contributed by atoms with Gasteiger partial charge in [0, 0.05) is 24.5 Å². The maximum atomic E-state index is 13.3. The van der Waals surface area contributed by atoms with Crippen LogP contribution in [0.3, 0.4) is 0 Å². The minimum absolute atomic E-state index is 0.0000850. The summed E-state index contributed by atoms with van der Waals surface area (Å²) in [5.41, 5.74) is 5.22. The number of hydrogen-bond acceptors (Lipinski definition) is 2. The molecule has 2 aromatic rings. The summed E-state index contributed by atoms with van der Waals surface area (Å²) in [6, 6.07) is 1.19. The molecular weight excluding hydrogens is 207 g/mol. The number of anilines is 1. The molecular formula is C9H6F3N3. The fourth-order valence-electron chi connectivity index (χ4n) is 1.22. The highest BCUT2D eigenvalue weighted by atomic mass is 19.2. The zero-order chi connectivity index (χ0) is 11.0. The molecule has 78 valence electrons. The number of halogens is 3. The Hall–Kier alpha value is -1.98. The molecule has 0 radical (unpaired) electrons. The quantitative estimate of drug-likeness (QED) is 0.735. The highest BCUT2D eigenvalue weighted by molar-refractivity contribution is 5.40. The van der Waals surface area contributed by atoms with Crippen LogP contribution in [0.2, 0.25) is 0 Å². The third kappa shape index (κ3) is 1.54. The average Bonchev–Trinajstić information content (AvgIpc) is 2.58. The van der Waals surface area contributed by atoms with E-state index in [4.69, 9.17) is 5.73 Å². The summed E-state index contributed by atoms with van der Waals surface area (Å²) in [5.74, 6) is -3.28. The fourth-order valence-corrected chi connectivity index (χ4v) is 1.22. The van der Waals surface area contributed by atoms with E-state index in [1.165, 1.54) is 12.4 Å². The van der Waals surface area contributed by atoms with Crippen LogP contribution in [0.1, 0.15) is 0 Å². The molecule has 0 aliphatic heterocycles. The van der Waals surface area contributed by atoms with E-state index in [0.717, 1.165) is 10.6 Å². The van der Waals surface area contributed by atoms with Crippen LogP contribution in [0, 0.1) is 17.5 Å². The fraction of sp³-hybridized carbons (Fsp3) is 0. The van der Waals surface area contributed by atoms with Gasteiger partial charge in [-0.25, -0.2) is 18.2 Å². The van der Waals surface area contributed by atoms with Crippen molar-refractivity contribution in [3.63, 3.8) is 0 Å². The van der Waals surface area contributed by atoms with Gasteiger partial charge in [-0.05, 0) is 0 Å². The van der Waals surface area contributed by atoms with Gasteiger partial charge in [0.2, 0.25) is 5.95 Å². The van der Waals surface area contributed by atoms with Gasteiger partial charge in [0.25, 0.3) is 0 Å². The molecule has 6 heteroatoms. The molecule has 3 nitrogen and oxygen atoms in total. The van der Waals surface area contributed by atoms with Crippen LogP contribution >= 0.6 is 0 Å². The zero-order valence-electron chi connectivity index (χ0n) is 7.42. The first-order chi connectivity index (χ1) is 7.09. The average molecular weight is 213 g/mol. The summed E-state index contributed by atoms with van der Waals surface area (Å²) in [7, 11) is 0. The first kappa shape index (κ1) is 9.57. The Morgan fingerprint density at radius 3 is 2.33 bits per heavy atom. The minimum atomic E-state index is -1.24. The van der Waals surface area contributed by atoms with Crippen LogP contribution < -0.4 is 5.73 Å². The molecule has 2 N–H and O–H groups in total. The van der Waals surface area contributed by atoms with Gasteiger partial charge in [0.1, 0.15) is 5.82 Å². The molecule has 1 aromatic carbocycles. The summed E-state index contributed by atoms with van der Waals surface area (Å²) in [6.45, 7) is 0. The lowest BCUT2D eigenvalue weighted by Crippen LogP contribution is -2.03. The lowest BCUT2D eigenvalue weighted by atomic mass is 10.3. The number of nitrogens with two attached hydrogens (primary N) is 1. The third-order valence-corrected chi connectivity index (χ3v) is 1.92. The van der Waals surface area contributed by atoms with Crippen molar-refractivity contribution in [2.45, 2.75) is 0 Å². The Kier molecular flexibility index (Phi) is 2.11. The number of nitrogen functional groups attached to an aromatic ring is 1. The molecule has 0 aliphatic rings. The molecule has 0 bridgehead atoms. The molecule has 1 heterocycles. The third-order valence-electron chi connectivity index (χ3n) is 1.92. The standard InChI is InChI=1S/C9H6F3N3/c10-5-3-7(12)8(4-6(5)11)15-2-1-14-9(15)13/h1-4H,(H2,13,14). The van der Waals surface area contributed by atoms with Gasteiger partial charge in [-0.3, -0.25) is 4.57 Å². The van der Waals surface area contributed by atoms with Crippen molar-refractivity contribution in [1.29, 1.82) is 0 Å². The SMILES string of the molecule is Nc1nccn1-c1cc(F)c(F)cc1F. The normalized spacial score (nSPS) is 10.6. The largest absolute Gasteiger partial charge is 0.369 e. The van der Waals surface area contributed by atoms with Crippen LogP contribution in [0.15, 0.2) is 24.5 Å². The van der Waals surface area contributed by atoms with E-state index in [2.05, 4.69) is 4.98 Å². The molecule has 0 fully saturated rings. The number of rotatable bonds is 1. The van der Waals surface area contributed by atoms with Crippen molar-refractivity contribution in [3.8, 4) is 5.69 Å². The molecule has 0 spiro atoms. The second-order valence-electron chi connectivity index (χ2n) is 2.87. The van der Waals surface area contributed by atoms with E-state index in [0.29, 0.717) is 6.07 Å². The molecule has 0 amide bonds. The highest BCUT2D eigenvalue weighted by Crippen LogP contribution is 2.19. The second kappa shape index (κ2) is 3.30. The van der Waals surface area contributed by atoms with Gasteiger partial charge < -0.3 is 5.73 Å². The number of benzene rings is 1. The molecule has 0 saturated heterocycles. The van der Waals surface area contributed by atoms with E-state index < -0.39 is 17.5 Å². The Bertz CT molecular complexity index is 507. The van der Waals surface area contributed by atoms with Gasteiger partial charge in [0.05, 0.1) is 5.69 Å². The van der Waals surface area contributed by atoms with E-state index in [1.807, 2.05) is 0 Å². The summed E-state index contributed by atoms with van der Waals surface area (Å²) >= 11 is 0. The summed E-state index contributed by atoms with van der Waals surface area (Å²) < 4.78 is 39.9. The van der Waals surface area contributed by atoms with Crippen LogP contribution in [0.5, 0.6) is 0 Å². The molecule has 0 saturated carbocycles. The first-order valence-corrected chi connectivity index (χ1v) is 4.03. The van der Waals surface area contributed by atoms with E-state index in [-0.39, 0.29) is 11.6 Å². The molecule has 2 rings (SSSR count). The maximum absolute atomic E-state index is 13.3. The van der Waals surface area contributed by atoms with Crippen LogP contribution in [0.25, 0.3) is 5.69 Å². The van der Waals surface area contributed by atoms with Crippen molar-refractivity contribution in [2.24, 2.45) is 0 Å². The summed E-state index contributed by atoms with van der Waals surface area (Å²) in [4.78, 5) is 3.64. The molecule has 15 heavy (non-hydrogen) atoms. The monoisotopic (exact) mass is 213 g/mol. The van der Waals surface area contributed by atoms with E-state index >= 15 is 0 Å². The number of imidazole rings is 1. The minimum Gasteiger partial charge on any atom is -0.369 e. The number of nitrogens with zero attached hydrogens (tertiary/aromatic N) is 2. The molecule has 0 unspecified atom stereocenters.